The minimum Gasteiger partial charge on any atom is -0.394 e. The number of rotatable bonds is 9. The highest BCUT2D eigenvalue weighted by molar-refractivity contribution is 9.09. The summed E-state index contributed by atoms with van der Waals surface area (Å²) in [6.45, 7) is 10.0. The third kappa shape index (κ3) is 4.29. The molecule has 7 nitrogen and oxygen atoms in total. The summed E-state index contributed by atoms with van der Waals surface area (Å²) in [7, 11) is 1.74. The Morgan fingerprint density at radius 1 is 1.23 bits per heavy atom. The van der Waals surface area contributed by atoms with E-state index in [-0.39, 0.29) is 40.4 Å². The number of halogens is 1. The summed E-state index contributed by atoms with van der Waals surface area (Å²) >= 11 is 5.45. The van der Waals surface area contributed by atoms with Gasteiger partial charge in [-0.2, -0.15) is 0 Å². The Labute approximate surface area is 221 Å². The lowest BCUT2D eigenvalue weighted by molar-refractivity contribution is -0.147. The fourth-order valence-electron chi connectivity index (χ4n) is 6.84. The lowest BCUT2D eigenvalue weighted by Crippen LogP contribution is -2.59. The molecule has 0 aromatic carbocycles. The topological polar surface area (TPSA) is 81.2 Å². The van der Waals surface area contributed by atoms with Crippen LogP contribution in [0.2, 0.25) is 0 Å². The largest absolute Gasteiger partial charge is 0.394 e. The molecule has 0 aromatic heterocycles. The number of alkyl halides is 1. The van der Waals surface area contributed by atoms with Crippen LogP contribution in [0.25, 0.3) is 0 Å². The van der Waals surface area contributed by atoms with E-state index < -0.39 is 28.7 Å². The second-order valence-corrected chi connectivity index (χ2v) is 13.2. The number of aliphatic hydroxyl groups is 1. The van der Waals surface area contributed by atoms with Crippen molar-refractivity contribution in [1.82, 2.24) is 14.7 Å². The van der Waals surface area contributed by atoms with Crippen LogP contribution in [0.15, 0.2) is 25.3 Å². The predicted molar refractivity (Wildman–Crippen MR) is 142 cm³/mol. The molecule has 1 aliphatic carbocycles. The first-order valence-electron chi connectivity index (χ1n) is 12.8. The molecule has 3 amide bonds. The fourth-order valence-corrected chi connectivity index (χ4v) is 10.4. The number of likely N-dealkylation sites (tertiary alicyclic amines) is 1. The van der Waals surface area contributed by atoms with E-state index in [0.29, 0.717) is 19.5 Å². The van der Waals surface area contributed by atoms with Gasteiger partial charge in [-0.1, -0.05) is 47.3 Å². The van der Waals surface area contributed by atoms with E-state index in [0.717, 1.165) is 25.7 Å². The summed E-state index contributed by atoms with van der Waals surface area (Å²) < 4.78 is -0.695. The van der Waals surface area contributed by atoms with Gasteiger partial charge in [0.15, 0.2) is 0 Å². The maximum absolute atomic E-state index is 14.4. The van der Waals surface area contributed by atoms with Gasteiger partial charge in [0.05, 0.1) is 29.2 Å². The zero-order valence-corrected chi connectivity index (χ0v) is 23.2. The Morgan fingerprint density at radius 2 is 1.89 bits per heavy atom. The fraction of sp³-hybridized carbons (Fsp3) is 0.731. The van der Waals surface area contributed by atoms with Gasteiger partial charge in [0, 0.05) is 36.3 Å². The van der Waals surface area contributed by atoms with Gasteiger partial charge in [-0.3, -0.25) is 14.4 Å². The molecule has 4 aliphatic rings. The molecule has 0 radical (unpaired) electrons. The van der Waals surface area contributed by atoms with Crippen molar-refractivity contribution in [3.8, 4) is 0 Å². The Kier molecular flexibility index (Phi) is 8.08. The van der Waals surface area contributed by atoms with Gasteiger partial charge in [-0.15, -0.1) is 24.9 Å². The summed E-state index contributed by atoms with van der Waals surface area (Å²) in [5.74, 6) is -1.40. The molecule has 4 rings (SSSR count). The van der Waals surface area contributed by atoms with Crippen LogP contribution in [0.4, 0.5) is 0 Å². The Morgan fingerprint density at radius 3 is 2.49 bits per heavy atom. The Bertz CT molecular complexity index is 881. The van der Waals surface area contributed by atoms with Crippen molar-refractivity contribution in [2.45, 2.75) is 78.4 Å². The number of carbonyl (C=O) groups is 3. The van der Waals surface area contributed by atoms with Crippen LogP contribution in [0, 0.1) is 11.8 Å². The number of hydrogen-bond donors (Lipinski definition) is 1. The van der Waals surface area contributed by atoms with Gasteiger partial charge < -0.3 is 19.8 Å². The van der Waals surface area contributed by atoms with Crippen LogP contribution in [0.5, 0.6) is 0 Å². The minimum atomic E-state index is -0.707. The molecule has 1 N–H and O–H groups in total. The molecule has 1 saturated carbocycles. The van der Waals surface area contributed by atoms with Crippen LogP contribution in [0.1, 0.15) is 45.4 Å². The van der Waals surface area contributed by atoms with Crippen LogP contribution in [-0.2, 0) is 14.4 Å². The second kappa shape index (κ2) is 10.6. The van der Waals surface area contributed by atoms with Crippen molar-refractivity contribution in [1.29, 1.82) is 0 Å². The number of likely N-dealkylation sites (N-methyl/N-ethyl adjacent to an activating group) is 1. The monoisotopic (exact) mass is 567 g/mol. The van der Waals surface area contributed by atoms with Crippen molar-refractivity contribution >= 4 is 45.4 Å². The van der Waals surface area contributed by atoms with E-state index in [9.17, 15) is 19.5 Å². The molecule has 3 saturated heterocycles. The lowest BCUT2D eigenvalue weighted by Gasteiger charge is -2.42. The van der Waals surface area contributed by atoms with Gasteiger partial charge in [0.25, 0.3) is 0 Å². The van der Waals surface area contributed by atoms with Crippen molar-refractivity contribution in [3.05, 3.63) is 25.3 Å². The number of thioether (sulfide) groups is 1. The predicted octanol–water partition coefficient (Wildman–Crippen LogP) is 2.82. The first-order chi connectivity index (χ1) is 16.7. The molecule has 35 heavy (non-hydrogen) atoms. The highest BCUT2D eigenvalue weighted by atomic mass is 79.9. The molecular formula is C26H38BrN3O4S. The molecule has 2 bridgehead atoms. The molecule has 3 heterocycles. The molecular weight excluding hydrogens is 530 g/mol. The lowest BCUT2D eigenvalue weighted by atomic mass is 9.70. The highest BCUT2D eigenvalue weighted by Gasteiger charge is 2.76. The Hall–Kier alpha value is -1.32. The standard InChI is InChI=1S/C26H38BrN3O4S/c1-5-12-28(4)23(32)19-20-24(33)30(16(3)15-31)22(26(20)14-18(27)21(19)35-26)25(34)29(13-6-2)17-10-8-7-9-11-17/h5-6,16-22,31H,1-2,7-15H2,3-4H3/t16-,18?,19+,20+,21+,22?,26?/m1/s1. The van der Waals surface area contributed by atoms with Crippen molar-refractivity contribution in [2.75, 3.05) is 26.7 Å². The molecule has 1 spiro atoms. The zero-order chi connectivity index (χ0) is 25.5. The molecule has 4 fully saturated rings. The van der Waals surface area contributed by atoms with Crippen molar-refractivity contribution < 1.29 is 19.5 Å². The maximum atomic E-state index is 14.4. The number of nitrogens with zero attached hydrogens (tertiary/aromatic N) is 3. The van der Waals surface area contributed by atoms with E-state index in [1.54, 1.807) is 47.7 Å². The van der Waals surface area contributed by atoms with E-state index in [2.05, 4.69) is 29.1 Å². The minimum absolute atomic E-state index is 0.0323. The summed E-state index contributed by atoms with van der Waals surface area (Å²) in [4.78, 5) is 47.3. The number of fused-ring (bicyclic) bond motifs is 1. The average molecular weight is 569 g/mol. The first kappa shape index (κ1) is 26.7. The van der Waals surface area contributed by atoms with Crippen LogP contribution < -0.4 is 0 Å². The normalized spacial score (nSPS) is 35.0. The summed E-state index contributed by atoms with van der Waals surface area (Å²) in [5, 5.41) is 10.0. The average Bonchev–Trinajstić information content (AvgIpc) is 3.45. The molecule has 0 aromatic rings. The smallest absolute Gasteiger partial charge is 0.247 e. The summed E-state index contributed by atoms with van der Waals surface area (Å²) in [6.07, 6.45) is 9.36. The summed E-state index contributed by atoms with van der Waals surface area (Å²) in [5.41, 5.74) is 0. The summed E-state index contributed by atoms with van der Waals surface area (Å²) in [6, 6.07) is -1.09. The van der Waals surface area contributed by atoms with Crippen LogP contribution >= 0.6 is 27.7 Å². The van der Waals surface area contributed by atoms with Gasteiger partial charge in [0.1, 0.15) is 6.04 Å². The first-order valence-corrected chi connectivity index (χ1v) is 14.5. The van der Waals surface area contributed by atoms with Crippen LogP contribution in [0.3, 0.4) is 0 Å². The molecule has 194 valence electrons. The molecule has 7 atom stereocenters. The molecule has 9 heteroatoms. The Balaban J connectivity index is 1.76. The zero-order valence-electron chi connectivity index (χ0n) is 20.8. The third-order valence-corrected chi connectivity index (χ3v) is 11.6. The van der Waals surface area contributed by atoms with E-state index in [1.165, 1.54) is 6.42 Å². The molecule has 3 unspecified atom stereocenters. The van der Waals surface area contributed by atoms with Gasteiger partial charge in [-0.25, -0.2) is 0 Å². The molecule has 3 aliphatic heterocycles. The van der Waals surface area contributed by atoms with E-state index in [1.807, 2.05) is 4.90 Å². The SMILES string of the molecule is C=CCN(C)C(=O)[C@H]1[C@H]2C(=O)N([C@H](C)CO)C(C(=O)N(CC=C)C3CCCCC3)C23CC(Br)[C@@H]1S3. The number of amides is 3. The van der Waals surface area contributed by atoms with Crippen molar-refractivity contribution in [3.63, 3.8) is 0 Å². The van der Waals surface area contributed by atoms with Gasteiger partial charge in [0.2, 0.25) is 17.7 Å². The maximum Gasteiger partial charge on any atom is 0.247 e. The van der Waals surface area contributed by atoms with Crippen LogP contribution in [-0.4, -0.2) is 97.2 Å². The van der Waals surface area contributed by atoms with Gasteiger partial charge >= 0.3 is 0 Å². The second-order valence-electron chi connectivity index (χ2n) is 10.5. The van der Waals surface area contributed by atoms with E-state index in [4.69, 9.17) is 0 Å². The highest BCUT2D eigenvalue weighted by Crippen LogP contribution is 2.68. The van der Waals surface area contributed by atoms with E-state index >= 15 is 0 Å². The third-order valence-electron chi connectivity index (χ3n) is 8.39. The quantitative estimate of drug-likeness (QED) is 0.342. The number of carbonyl (C=O) groups excluding carboxylic acids is 3. The van der Waals surface area contributed by atoms with Gasteiger partial charge in [-0.05, 0) is 26.2 Å². The van der Waals surface area contributed by atoms with Crippen molar-refractivity contribution in [2.24, 2.45) is 11.8 Å². The number of hydrogen-bond acceptors (Lipinski definition) is 5. The number of aliphatic hydroxyl groups excluding tert-OH is 1.